The molecule has 112 valence electrons. The summed E-state index contributed by atoms with van der Waals surface area (Å²) in [5.74, 6) is 2.49. The molecule has 1 aromatic carbocycles. The molecule has 2 N–H and O–H groups in total. The minimum atomic E-state index is 0.789. The molecule has 0 saturated heterocycles. The molecule has 21 heavy (non-hydrogen) atoms. The van der Waals surface area contributed by atoms with E-state index in [1.807, 2.05) is 24.3 Å². The average Bonchev–Trinajstić information content (AvgIpc) is 2.44. The van der Waals surface area contributed by atoms with E-state index in [-0.39, 0.29) is 0 Å². The van der Waals surface area contributed by atoms with Crippen LogP contribution in [0.3, 0.4) is 0 Å². The van der Waals surface area contributed by atoms with Crippen molar-refractivity contribution in [1.82, 2.24) is 9.97 Å². The molecule has 2 aromatic rings. The molecular formula is C15H18Br2N4. The lowest BCUT2D eigenvalue weighted by atomic mass is 10.3. The van der Waals surface area contributed by atoms with Gasteiger partial charge in [-0.15, -0.1) is 0 Å². The highest BCUT2D eigenvalue weighted by Crippen LogP contribution is 2.33. The molecule has 0 saturated carbocycles. The minimum absolute atomic E-state index is 0.789. The molecule has 1 aromatic heterocycles. The Balaban J connectivity index is 2.34. The number of para-hydroxylation sites is 1. The summed E-state index contributed by atoms with van der Waals surface area (Å²) < 4.78 is 1.97. The molecule has 0 radical (unpaired) electrons. The van der Waals surface area contributed by atoms with Crippen molar-refractivity contribution in [1.29, 1.82) is 0 Å². The number of aryl methyl sites for hydroxylation is 1. The number of aromatic nitrogens is 2. The van der Waals surface area contributed by atoms with Crippen molar-refractivity contribution in [3.63, 3.8) is 0 Å². The Hall–Kier alpha value is -1.14. The van der Waals surface area contributed by atoms with Crippen molar-refractivity contribution in [3.05, 3.63) is 39.0 Å². The first-order chi connectivity index (χ1) is 10.1. The van der Waals surface area contributed by atoms with Crippen LogP contribution in [0.25, 0.3) is 0 Å². The Bertz CT molecular complexity index is 572. The van der Waals surface area contributed by atoms with E-state index in [1.165, 1.54) is 0 Å². The molecule has 0 fully saturated rings. The Kier molecular flexibility index (Phi) is 5.99. The summed E-state index contributed by atoms with van der Waals surface area (Å²) in [5, 5.41) is 6.60. The van der Waals surface area contributed by atoms with Gasteiger partial charge in [0.1, 0.15) is 17.5 Å². The molecular weight excluding hydrogens is 396 g/mol. The maximum atomic E-state index is 4.58. The zero-order chi connectivity index (χ0) is 15.2. The zero-order valence-electron chi connectivity index (χ0n) is 12.1. The SMILES string of the molecule is CCCc1nc(NCC)cc(Nc2c(Br)cccc2Br)n1. The van der Waals surface area contributed by atoms with Gasteiger partial charge in [-0.3, -0.25) is 0 Å². The van der Waals surface area contributed by atoms with Crippen molar-refractivity contribution in [2.45, 2.75) is 26.7 Å². The summed E-state index contributed by atoms with van der Waals surface area (Å²) in [5.41, 5.74) is 0.959. The van der Waals surface area contributed by atoms with Crippen LogP contribution in [-0.4, -0.2) is 16.5 Å². The highest BCUT2D eigenvalue weighted by Gasteiger charge is 2.08. The molecule has 6 heteroatoms. The van der Waals surface area contributed by atoms with Crippen LogP contribution in [0.2, 0.25) is 0 Å². The molecule has 0 aliphatic rings. The van der Waals surface area contributed by atoms with Crippen LogP contribution < -0.4 is 10.6 Å². The molecule has 0 aliphatic heterocycles. The van der Waals surface area contributed by atoms with Crippen LogP contribution in [0.15, 0.2) is 33.2 Å². The van der Waals surface area contributed by atoms with Crippen molar-refractivity contribution >= 4 is 49.2 Å². The van der Waals surface area contributed by atoms with E-state index in [9.17, 15) is 0 Å². The highest BCUT2D eigenvalue weighted by atomic mass is 79.9. The maximum Gasteiger partial charge on any atom is 0.136 e. The number of halogens is 2. The molecule has 0 atom stereocenters. The van der Waals surface area contributed by atoms with Gasteiger partial charge < -0.3 is 10.6 Å². The Morgan fingerprint density at radius 1 is 1.05 bits per heavy atom. The number of hydrogen-bond donors (Lipinski definition) is 2. The summed E-state index contributed by atoms with van der Waals surface area (Å²) in [6.07, 6.45) is 1.89. The fourth-order valence-electron chi connectivity index (χ4n) is 1.91. The standard InChI is InChI=1S/C15H18Br2N4/c1-3-6-12-19-13(18-4-2)9-14(20-12)21-15-10(16)7-5-8-11(15)17/h5,7-9H,3-4,6H2,1-2H3,(H2,18,19,20,21). The quantitative estimate of drug-likeness (QED) is 0.689. The van der Waals surface area contributed by atoms with E-state index in [1.54, 1.807) is 0 Å². The van der Waals surface area contributed by atoms with E-state index >= 15 is 0 Å². The Labute approximate surface area is 142 Å². The van der Waals surface area contributed by atoms with Crippen LogP contribution >= 0.6 is 31.9 Å². The predicted octanol–water partition coefficient (Wildman–Crippen LogP) is 5.13. The lowest BCUT2D eigenvalue weighted by molar-refractivity contribution is 0.836. The van der Waals surface area contributed by atoms with Crippen LogP contribution in [0, 0.1) is 0 Å². The monoisotopic (exact) mass is 412 g/mol. The van der Waals surface area contributed by atoms with Crippen LogP contribution in [0.4, 0.5) is 17.3 Å². The number of hydrogen-bond acceptors (Lipinski definition) is 4. The van der Waals surface area contributed by atoms with Gasteiger partial charge >= 0.3 is 0 Å². The number of rotatable bonds is 6. The lowest BCUT2D eigenvalue weighted by Crippen LogP contribution is -2.06. The van der Waals surface area contributed by atoms with Crippen molar-refractivity contribution in [2.75, 3.05) is 17.2 Å². The molecule has 0 bridgehead atoms. The van der Waals surface area contributed by atoms with Gasteiger partial charge in [-0.2, -0.15) is 0 Å². The van der Waals surface area contributed by atoms with Gasteiger partial charge in [-0.25, -0.2) is 9.97 Å². The summed E-state index contributed by atoms with van der Waals surface area (Å²) in [7, 11) is 0. The topological polar surface area (TPSA) is 49.8 Å². The van der Waals surface area contributed by atoms with E-state index < -0.39 is 0 Å². The molecule has 0 spiro atoms. The predicted molar refractivity (Wildman–Crippen MR) is 95.3 cm³/mol. The third-order valence-corrected chi connectivity index (χ3v) is 4.14. The highest BCUT2D eigenvalue weighted by molar-refractivity contribution is 9.11. The summed E-state index contributed by atoms with van der Waals surface area (Å²) in [6.45, 7) is 5.01. The third-order valence-electron chi connectivity index (χ3n) is 2.82. The van der Waals surface area contributed by atoms with E-state index in [2.05, 4.69) is 66.3 Å². The lowest BCUT2D eigenvalue weighted by Gasteiger charge is -2.12. The average molecular weight is 414 g/mol. The van der Waals surface area contributed by atoms with Crippen molar-refractivity contribution in [3.8, 4) is 0 Å². The van der Waals surface area contributed by atoms with Gasteiger partial charge in [-0.05, 0) is 57.3 Å². The maximum absolute atomic E-state index is 4.58. The van der Waals surface area contributed by atoms with Gasteiger partial charge in [0.05, 0.1) is 5.69 Å². The minimum Gasteiger partial charge on any atom is -0.370 e. The van der Waals surface area contributed by atoms with E-state index in [0.717, 1.165) is 51.5 Å². The Morgan fingerprint density at radius 3 is 2.33 bits per heavy atom. The number of nitrogens with zero attached hydrogens (tertiary/aromatic N) is 2. The van der Waals surface area contributed by atoms with Gasteiger partial charge in [0.2, 0.25) is 0 Å². The summed E-state index contributed by atoms with van der Waals surface area (Å²) >= 11 is 7.10. The largest absolute Gasteiger partial charge is 0.370 e. The first-order valence-corrected chi connectivity index (χ1v) is 8.55. The first-order valence-electron chi connectivity index (χ1n) is 6.97. The van der Waals surface area contributed by atoms with Gasteiger partial charge in [0.15, 0.2) is 0 Å². The second-order valence-corrected chi connectivity index (χ2v) is 6.27. The number of anilines is 3. The fourth-order valence-corrected chi connectivity index (χ4v) is 3.11. The normalized spacial score (nSPS) is 10.5. The molecule has 0 unspecified atom stereocenters. The third kappa shape index (κ3) is 4.41. The second kappa shape index (κ2) is 7.75. The van der Waals surface area contributed by atoms with E-state index in [4.69, 9.17) is 0 Å². The summed E-state index contributed by atoms with van der Waals surface area (Å²) in [6, 6.07) is 7.89. The number of benzene rings is 1. The van der Waals surface area contributed by atoms with E-state index in [0.29, 0.717) is 0 Å². The first kappa shape index (κ1) is 16.2. The van der Waals surface area contributed by atoms with Crippen molar-refractivity contribution in [2.24, 2.45) is 0 Å². The van der Waals surface area contributed by atoms with Crippen molar-refractivity contribution < 1.29 is 0 Å². The molecule has 0 amide bonds. The van der Waals surface area contributed by atoms with Gasteiger partial charge in [0.25, 0.3) is 0 Å². The zero-order valence-corrected chi connectivity index (χ0v) is 15.3. The molecule has 2 rings (SSSR count). The van der Waals surface area contributed by atoms with Crippen LogP contribution in [0.5, 0.6) is 0 Å². The van der Waals surface area contributed by atoms with Gasteiger partial charge in [0, 0.05) is 28.0 Å². The van der Waals surface area contributed by atoms with Crippen LogP contribution in [-0.2, 0) is 6.42 Å². The molecule has 1 heterocycles. The molecule has 4 nitrogen and oxygen atoms in total. The second-order valence-electron chi connectivity index (χ2n) is 4.56. The molecule has 0 aliphatic carbocycles. The van der Waals surface area contributed by atoms with Gasteiger partial charge in [-0.1, -0.05) is 13.0 Å². The smallest absolute Gasteiger partial charge is 0.136 e. The number of nitrogens with one attached hydrogen (secondary N) is 2. The Morgan fingerprint density at radius 2 is 1.71 bits per heavy atom. The summed E-state index contributed by atoms with van der Waals surface area (Å²) in [4.78, 5) is 9.09. The fraction of sp³-hybridized carbons (Fsp3) is 0.333. The van der Waals surface area contributed by atoms with Crippen LogP contribution in [0.1, 0.15) is 26.1 Å².